The Balaban J connectivity index is 1.72. The van der Waals surface area contributed by atoms with Crippen LogP contribution >= 0.6 is 46.3 Å². The fourth-order valence-corrected chi connectivity index (χ4v) is 3.59. The zero-order valence-corrected chi connectivity index (χ0v) is 16.2. The number of thioether (sulfide) groups is 1. The van der Waals surface area contributed by atoms with E-state index in [1.54, 1.807) is 6.07 Å². The molecule has 0 aliphatic carbocycles. The van der Waals surface area contributed by atoms with Gasteiger partial charge in [0.25, 0.3) is 0 Å². The van der Waals surface area contributed by atoms with Crippen LogP contribution in [-0.2, 0) is 21.7 Å². The minimum absolute atomic E-state index is 0.104. The molecule has 0 atom stereocenters. The van der Waals surface area contributed by atoms with Crippen molar-refractivity contribution in [3.05, 3.63) is 38.8 Å². The number of benzene rings is 1. The molecular weight excluding hydrogens is 389 g/mol. The van der Waals surface area contributed by atoms with Gasteiger partial charge in [0.2, 0.25) is 11.0 Å². The van der Waals surface area contributed by atoms with E-state index in [1.165, 1.54) is 23.1 Å². The molecule has 1 amide bonds. The van der Waals surface area contributed by atoms with E-state index >= 15 is 0 Å². The number of carbonyl (C=O) groups is 1. The molecule has 1 N–H and O–H groups in total. The van der Waals surface area contributed by atoms with Crippen molar-refractivity contribution in [3.63, 3.8) is 0 Å². The second-order valence-electron chi connectivity index (χ2n) is 4.74. The van der Waals surface area contributed by atoms with Crippen molar-refractivity contribution in [2.45, 2.75) is 19.1 Å². The van der Waals surface area contributed by atoms with E-state index < -0.39 is 0 Å². The van der Waals surface area contributed by atoms with Gasteiger partial charge in [-0.3, -0.25) is 10.1 Å². The highest BCUT2D eigenvalue weighted by Gasteiger charge is 2.09. The van der Waals surface area contributed by atoms with Crippen LogP contribution in [0.4, 0.5) is 5.13 Å². The number of carbonyl (C=O) groups excluding carboxylic acids is 1. The monoisotopic (exact) mass is 405 g/mol. The number of hydrogen-bond donors (Lipinski definition) is 1. The lowest BCUT2D eigenvalue weighted by Crippen LogP contribution is -2.14. The molecule has 24 heavy (non-hydrogen) atoms. The minimum Gasteiger partial charge on any atom is -0.381 e. The third kappa shape index (κ3) is 6.57. The Labute approximate surface area is 159 Å². The molecule has 1 aromatic heterocycles. The first-order chi connectivity index (χ1) is 11.6. The zero-order chi connectivity index (χ0) is 17.4. The average Bonchev–Trinajstić information content (AvgIpc) is 2.98. The third-order valence-corrected chi connectivity index (χ3v) is 5.50. The van der Waals surface area contributed by atoms with Gasteiger partial charge >= 0.3 is 0 Å². The summed E-state index contributed by atoms with van der Waals surface area (Å²) in [5.41, 5.74) is 1.02. The summed E-state index contributed by atoms with van der Waals surface area (Å²) in [5.74, 6) is 0.904. The van der Waals surface area contributed by atoms with Crippen LogP contribution in [0.25, 0.3) is 0 Å². The topological polar surface area (TPSA) is 64.1 Å². The molecule has 0 spiro atoms. The van der Waals surface area contributed by atoms with E-state index in [9.17, 15) is 4.79 Å². The average molecular weight is 406 g/mol. The third-order valence-electron chi connectivity index (χ3n) is 2.86. The van der Waals surface area contributed by atoms with E-state index in [2.05, 4.69) is 15.5 Å². The van der Waals surface area contributed by atoms with Crippen molar-refractivity contribution in [2.24, 2.45) is 0 Å². The molecular formula is C15H17Cl2N3O2S2. The molecule has 9 heteroatoms. The van der Waals surface area contributed by atoms with Crippen molar-refractivity contribution >= 4 is 57.3 Å². The van der Waals surface area contributed by atoms with Crippen LogP contribution in [0.3, 0.4) is 0 Å². The number of halogens is 2. The van der Waals surface area contributed by atoms with Gasteiger partial charge in [0.1, 0.15) is 5.01 Å². The second kappa shape index (κ2) is 10.2. The van der Waals surface area contributed by atoms with Gasteiger partial charge in [-0.2, -0.15) is 0 Å². The predicted octanol–water partition coefficient (Wildman–Crippen LogP) is 4.30. The summed E-state index contributed by atoms with van der Waals surface area (Å²) in [6.07, 6.45) is 0.702. The Morgan fingerprint density at radius 3 is 2.92 bits per heavy atom. The second-order valence-corrected chi connectivity index (χ2v) is 7.60. The number of nitrogens with one attached hydrogen (secondary N) is 1. The summed E-state index contributed by atoms with van der Waals surface area (Å²) in [6, 6.07) is 5.46. The van der Waals surface area contributed by atoms with Crippen LogP contribution in [0, 0.1) is 0 Å². The largest absolute Gasteiger partial charge is 0.381 e. The summed E-state index contributed by atoms with van der Waals surface area (Å²) in [5, 5.41) is 13.2. The smallest absolute Gasteiger partial charge is 0.236 e. The molecule has 0 bridgehead atoms. The molecule has 0 radical (unpaired) electrons. The standard InChI is InChI=1S/C15H17Cl2N3O2S2/c1-2-22-6-5-14-19-20-15(24-14)18-13(21)9-23-8-10-3-4-11(16)12(17)7-10/h3-4,7H,2,5-6,8-9H2,1H3,(H,18,20,21). The molecule has 0 aliphatic heterocycles. The Morgan fingerprint density at radius 1 is 1.33 bits per heavy atom. The molecule has 0 unspecified atom stereocenters. The van der Waals surface area contributed by atoms with Gasteiger partial charge in [-0.15, -0.1) is 22.0 Å². The van der Waals surface area contributed by atoms with E-state index in [0.717, 1.165) is 10.6 Å². The molecule has 2 aromatic rings. The lowest BCUT2D eigenvalue weighted by atomic mass is 10.2. The van der Waals surface area contributed by atoms with Crippen LogP contribution in [0.15, 0.2) is 18.2 Å². The summed E-state index contributed by atoms with van der Waals surface area (Å²) >= 11 is 14.7. The normalized spacial score (nSPS) is 10.8. The Hall–Kier alpha value is -0.860. The van der Waals surface area contributed by atoms with Crippen molar-refractivity contribution in [2.75, 3.05) is 24.3 Å². The Morgan fingerprint density at radius 2 is 2.17 bits per heavy atom. The Kier molecular flexibility index (Phi) is 8.28. The summed E-state index contributed by atoms with van der Waals surface area (Å²) in [4.78, 5) is 11.9. The lowest BCUT2D eigenvalue weighted by Gasteiger charge is -2.03. The number of rotatable bonds is 9. The van der Waals surface area contributed by atoms with E-state index in [-0.39, 0.29) is 5.91 Å². The van der Waals surface area contributed by atoms with E-state index in [4.69, 9.17) is 27.9 Å². The SMILES string of the molecule is CCOCCc1nnc(NC(=O)CSCc2ccc(Cl)c(Cl)c2)s1. The number of amides is 1. The van der Waals surface area contributed by atoms with Crippen LogP contribution in [0.1, 0.15) is 17.5 Å². The fourth-order valence-electron chi connectivity index (χ4n) is 1.76. The van der Waals surface area contributed by atoms with Gasteiger partial charge in [-0.05, 0) is 24.6 Å². The first-order valence-electron chi connectivity index (χ1n) is 7.30. The summed E-state index contributed by atoms with van der Waals surface area (Å²) in [6.45, 7) is 3.23. The molecule has 1 heterocycles. The molecule has 0 saturated carbocycles. The van der Waals surface area contributed by atoms with Crippen LogP contribution in [-0.4, -0.2) is 35.1 Å². The molecule has 130 valence electrons. The van der Waals surface area contributed by atoms with Crippen molar-refractivity contribution in [1.29, 1.82) is 0 Å². The predicted molar refractivity (Wildman–Crippen MR) is 101 cm³/mol. The Bertz CT molecular complexity index is 682. The molecule has 0 saturated heterocycles. The van der Waals surface area contributed by atoms with Gasteiger partial charge in [-0.1, -0.05) is 40.6 Å². The lowest BCUT2D eigenvalue weighted by molar-refractivity contribution is -0.113. The molecule has 5 nitrogen and oxygen atoms in total. The molecule has 0 fully saturated rings. The number of nitrogens with zero attached hydrogens (tertiary/aromatic N) is 2. The summed E-state index contributed by atoms with van der Waals surface area (Å²) in [7, 11) is 0. The molecule has 1 aromatic carbocycles. The number of aromatic nitrogens is 2. The highest BCUT2D eigenvalue weighted by molar-refractivity contribution is 7.99. The van der Waals surface area contributed by atoms with Gasteiger partial charge < -0.3 is 4.74 Å². The van der Waals surface area contributed by atoms with Crippen molar-refractivity contribution in [3.8, 4) is 0 Å². The molecule has 0 aliphatic rings. The van der Waals surface area contributed by atoms with Crippen molar-refractivity contribution < 1.29 is 9.53 Å². The van der Waals surface area contributed by atoms with Gasteiger partial charge in [0, 0.05) is 18.8 Å². The first-order valence-corrected chi connectivity index (χ1v) is 10.0. The number of anilines is 1. The van der Waals surface area contributed by atoms with Gasteiger partial charge in [0.05, 0.1) is 22.4 Å². The minimum atomic E-state index is -0.104. The van der Waals surface area contributed by atoms with Crippen LogP contribution < -0.4 is 5.32 Å². The van der Waals surface area contributed by atoms with Crippen molar-refractivity contribution in [1.82, 2.24) is 10.2 Å². The quantitative estimate of drug-likeness (QED) is 0.630. The highest BCUT2D eigenvalue weighted by Crippen LogP contribution is 2.24. The van der Waals surface area contributed by atoms with Crippen LogP contribution in [0.5, 0.6) is 0 Å². The maximum atomic E-state index is 11.9. The number of hydrogen-bond acceptors (Lipinski definition) is 6. The van der Waals surface area contributed by atoms with Gasteiger partial charge in [-0.25, -0.2) is 0 Å². The van der Waals surface area contributed by atoms with Crippen LogP contribution in [0.2, 0.25) is 10.0 Å². The maximum Gasteiger partial charge on any atom is 0.236 e. The first kappa shape index (κ1) is 19.5. The zero-order valence-electron chi connectivity index (χ0n) is 13.1. The fraction of sp³-hybridized carbons (Fsp3) is 0.400. The van der Waals surface area contributed by atoms with E-state index in [0.29, 0.717) is 46.3 Å². The molecule has 2 rings (SSSR count). The highest BCUT2D eigenvalue weighted by atomic mass is 35.5. The van der Waals surface area contributed by atoms with Gasteiger partial charge in [0.15, 0.2) is 0 Å². The summed E-state index contributed by atoms with van der Waals surface area (Å²) < 4.78 is 5.27. The number of ether oxygens (including phenoxy) is 1. The maximum absolute atomic E-state index is 11.9. The van der Waals surface area contributed by atoms with E-state index in [1.807, 2.05) is 19.1 Å².